The van der Waals surface area contributed by atoms with Crippen molar-refractivity contribution < 1.29 is 9.59 Å². The van der Waals surface area contributed by atoms with Gasteiger partial charge in [0.25, 0.3) is 5.91 Å². The van der Waals surface area contributed by atoms with Gasteiger partial charge < -0.3 is 4.90 Å². The zero-order valence-electron chi connectivity index (χ0n) is 6.50. The molecule has 0 atom stereocenters. The first-order valence-corrected chi connectivity index (χ1v) is 3.85. The number of hydrogen-bond donors (Lipinski definition) is 1. The highest BCUT2D eigenvalue weighted by molar-refractivity contribution is 6.28. The number of guanidine groups is 1. The van der Waals surface area contributed by atoms with Crippen molar-refractivity contribution in [2.75, 3.05) is 19.5 Å². The Kier molecular flexibility index (Phi) is 2.65. The maximum Gasteiger partial charge on any atom is 0.263 e. The standard InChI is InChI=1S/C6H8ClN3O2/c1-10-3-5(12)9-6(10)8-4(11)2-7/h2-3H2,1H3,(H,8,9,11,12). The van der Waals surface area contributed by atoms with E-state index in [1.165, 1.54) is 0 Å². The van der Waals surface area contributed by atoms with Crippen LogP contribution < -0.4 is 5.32 Å². The van der Waals surface area contributed by atoms with Crippen molar-refractivity contribution in [1.82, 2.24) is 10.2 Å². The van der Waals surface area contributed by atoms with E-state index in [2.05, 4.69) is 10.3 Å². The minimum Gasteiger partial charge on any atom is -0.336 e. The number of amides is 2. The van der Waals surface area contributed by atoms with Crippen molar-refractivity contribution in [1.29, 1.82) is 0 Å². The van der Waals surface area contributed by atoms with Gasteiger partial charge in [0.2, 0.25) is 11.9 Å². The van der Waals surface area contributed by atoms with Gasteiger partial charge in [-0.2, -0.15) is 4.99 Å². The van der Waals surface area contributed by atoms with Crippen LogP contribution in [0.4, 0.5) is 0 Å². The van der Waals surface area contributed by atoms with Gasteiger partial charge in [0.05, 0.1) is 6.54 Å². The molecular weight excluding hydrogens is 182 g/mol. The molecule has 6 heteroatoms. The number of carbonyl (C=O) groups excluding carboxylic acids is 2. The number of hydrogen-bond acceptors (Lipinski definition) is 2. The molecular formula is C6H8ClN3O2. The van der Waals surface area contributed by atoms with Crippen LogP contribution in [0, 0.1) is 0 Å². The van der Waals surface area contributed by atoms with Crippen molar-refractivity contribution in [3.8, 4) is 0 Å². The van der Waals surface area contributed by atoms with Gasteiger partial charge in [-0.1, -0.05) is 0 Å². The van der Waals surface area contributed by atoms with Crippen molar-refractivity contribution in [2.24, 2.45) is 4.99 Å². The topological polar surface area (TPSA) is 61.8 Å². The third-order valence-corrected chi connectivity index (χ3v) is 1.57. The average Bonchev–Trinajstić information content (AvgIpc) is 2.30. The fourth-order valence-corrected chi connectivity index (χ4v) is 0.871. The maximum absolute atomic E-state index is 10.8. The first-order chi connectivity index (χ1) is 5.63. The minimum absolute atomic E-state index is 0.168. The van der Waals surface area contributed by atoms with E-state index in [4.69, 9.17) is 11.6 Å². The summed E-state index contributed by atoms with van der Waals surface area (Å²) < 4.78 is 0. The molecule has 1 aliphatic rings. The minimum atomic E-state index is -0.458. The number of nitrogens with one attached hydrogen (secondary N) is 1. The zero-order chi connectivity index (χ0) is 9.14. The Hall–Kier alpha value is -1.10. The number of nitrogens with zero attached hydrogens (tertiary/aromatic N) is 2. The lowest BCUT2D eigenvalue weighted by atomic mass is 10.6. The van der Waals surface area contributed by atoms with Gasteiger partial charge in [0.1, 0.15) is 5.88 Å². The van der Waals surface area contributed by atoms with Crippen LogP contribution >= 0.6 is 11.6 Å². The van der Waals surface area contributed by atoms with E-state index in [0.717, 1.165) is 0 Å². The molecule has 1 aliphatic heterocycles. The lowest BCUT2D eigenvalue weighted by Gasteiger charge is -2.06. The first-order valence-electron chi connectivity index (χ1n) is 3.32. The molecule has 12 heavy (non-hydrogen) atoms. The molecule has 0 saturated carbocycles. The van der Waals surface area contributed by atoms with E-state index in [-0.39, 0.29) is 24.3 Å². The Morgan fingerprint density at radius 2 is 2.50 bits per heavy atom. The highest BCUT2D eigenvalue weighted by Gasteiger charge is 2.21. The third kappa shape index (κ3) is 1.94. The van der Waals surface area contributed by atoms with Gasteiger partial charge in [-0.05, 0) is 0 Å². The monoisotopic (exact) mass is 189 g/mol. The average molecular weight is 190 g/mol. The Balaban J connectivity index is 2.69. The SMILES string of the molecule is CN1CC(=O)NC1=NC(=O)CCl. The Morgan fingerprint density at radius 1 is 1.83 bits per heavy atom. The van der Waals surface area contributed by atoms with Gasteiger partial charge in [-0.3, -0.25) is 14.9 Å². The summed E-state index contributed by atoms with van der Waals surface area (Å²) in [7, 11) is 1.66. The van der Waals surface area contributed by atoms with Crippen molar-refractivity contribution in [3.05, 3.63) is 0 Å². The normalized spacial score (nSPS) is 20.0. The Morgan fingerprint density at radius 3 is 2.92 bits per heavy atom. The fraction of sp³-hybridized carbons (Fsp3) is 0.500. The van der Waals surface area contributed by atoms with E-state index >= 15 is 0 Å². The second-order valence-electron chi connectivity index (χ2n) is 2.37. The first kappa shape index (κ1) is 8.99. The second kappa shape index (κ2) is 3.53. The third-order valence-electron chi connectivity index (χ3n) is 1.34. The van der Waals surface area contributed by atoms with Gasteiger partial charge in [0, 0.05) is 7.05 Å². The quantitative estimate of drug-likeness (QED) is 0.548. The van der Waals surface area contributed by atoms with Gasteiger partial charge in [-0.15, -0.1) is 11.6 Å². The molecule has 1 heterocycles. The number of rotatable bonds is 1. The lowest BCUT2D eigenvalue weighted by molar-refractivity contribution is -0.118. The Bertz CT molecular complexity index is 251. The molecule has 1 N–H and O–H groups in total. The molecule has 0 aliphatic carbocycles. The molecule has 0 aromatic rings. The molecule has 2 amide bonds. The predicted octanol–water partition coefficient (Wildman–Crippen LogP) is -0.831. The highest BCUT2D eigenvalue weighted by Crippen LogP contribution is 1.94. The summed E-state index contributed by atoms with van der Waals surface area (Å²) in [6, 6.07) is 0. The van der Waals surface area contributed by atoms with E-state index in [0.29, 0.717) is 0 Å². The molecule has 0 spiro atoms. The highest BCUT2D eigenvalue weighted by atomic mass is 35.5. The van der Waals surface area contributed by atoms with Crippen molar-refractivity contribution in [2.45, 2.75) is 0 Å². The molecule has 66 valence electrons. The molecule has 1 fully saturated rings. The summed E-state index contributed by atoms with van der Waals surface area (Å²) in [6.45, 7) is 0.231. The van der Waals surface area contributed by atoms with Crippen LogP contribution in [0.5, 0.6) is 0 Å². The summed E-state index contributed by atoms with van der Waals surface area (Å²) in [5.41, 5.74) is 0. The fourth-order valence-electron chi connectivity index (χ4n) is 0.811. The number of halogens is 1. The van der Waals surface area contributed by atoms with Crippen LogP contribution in [-0.2, 0) is 9.59 Å². The van der Waals surface area contributed by atoms with Crippen LogP contribution in [0.2, 0.25) is 0 Å². The summed E-state index contributed by atoms with van der Waals surface area (Å²) in [5, 5.41) is 2.43. The van der Waals surface area contributed by atoms with Gasteiger partial charge in [0.15, 0.2) is 0 Å². The van der Waals surface area contributed by atoms with Crippen LogP contribution in [-0.4, -0.2) is 42.1 Å². The lowest BCUT2D eigenvalue weighted by Crippen LogP contribution is -2.28. The van der Waals surface area contributed by atoms with Gasteiger partial charge in [-0.25, -0.2) is 0 Å². The Labute approximate surface area is 74.4 Å². The zero-order valence-corrected chi connectivity index (χ0v) is 7.26. The summed E-state index contributed by atoms with van der Waals surface area (Å²) >= 11 is 5.23. The predicted molar refractivity (Wildman–Crippen MR) is 43.9 cm³/mol. The molecule has 0 radical (unpaired) electrons. The summed E-state index contributed by atoms with van der Waals surface area (Å²) in [4.78, 5) is 26.6. The van der Waals surface area contributed by atoms with Crippen molar-refractivity contribution in [3.63, 3.8) is 0 Å². The van der Waals surface area contributed by atoms with E-state index < -0.39 is 5.91 Å². The maximum atomic E-state index is 10.8. The second-order valence-corrected chi connectivity index (χ2v) is 2.63. The molecule has 0 aromatic carbocycles. The molecule has 0 bridgehead atoms. The van der Waals surface area contributed by atoms with E-state index in [9.17, 15) is 9.59 Å². The molecule has 0 aromatic heterocycles. The number of likely N-dealkylation sites (N-methyl/N-ethyl adjacent to an activating group) is 1. The molecule has 1 saturated heterocycles. The van der Waals surface area contributed by atoms with E-state index in [1.807, 2.05) is 0 Å². The van der Waals surface area contributed by atoms with Crippen LogP contribution in [0.3, 0.4) is 0 Å². The van der Waals surface area contributed by atoms with Crippen LogP contribution in [0.25, 0.3) is 0 Å². The smallest absolute Gasteiger partial charge is 0.263 e. The molecule has 0 unspecified atom stereocenters. The van der Waals surface area contributed by atoms with E-state index in [1.54, 1.807) is 11.9 Å². The summed E-state index contributed by atoms with van der Waals surface area (Å²) in [6.07, 6.45) is 0. The van der Waals surface area contributed by atoms with Gasteiger partial charge >= 0.3 is 0 Å². The van der Waals surface area contributed by atoms with Crippen LogP contribution in [0.1, 0.15) is 0 Å². The number of alkyl halides is 1. The molecule has 1 rings (SSSR count). The number of carbonyl (C=O) groups is 2. The van der Waals surface area contributed by atoms with Crippen LogP contribution in [0.15, 0.2) is 4.99 Å². The summed E-state index contributed by atoms with van der Waals surface area (Å²) in [5.74, 6) is -0.530. The van der Waals surface area contributed by atoms with Crippen molar-refractivity contribution >= 4 is 29.4 Å². The largest absolute Gasteiger partial charge is 0.336 e. The number of aliphatic imine (C=N–C) groups is 1. The molecule has 5 nitrogen and oxygen atoms in total.